The van der Waals surface area contributed by atoms with Gasteiger partial charge in [-0.05, 0) is 29.8 Å². The molecule has 6 heteroatoms. The van der Waals surface area contributed by atoms with E-state index in [9.17, 15) is 20.0 Å². The Balaban J connectivity index is 2.27. The molecular formula is C14H10N2O4. The smallest absolute Gasteiger partial charge is 0.270 e. The van der Waals surface area contributed by atoms with Gasteiger partial charge in [0.25, 0.3) is 5.69 Å². The zero-order valence-corrected chi connectivity index (χ0v) is 10.3. The summed E-state index contributed by atoms with van der Waals surface area (Å²) in [6, 6.07) is 6.78. The second kappa shape index (κ2) is 5.75. The van der Waals surface area contributed by atoms with E-state index in [0.29, 0.717) is 5.56 Å². The molecule has 1 heterocycles. The van der Waals surface area contributed by atoms with Gasteiger partial charge in [0.1, 0.15) is 5.75 Å². The lowest BCUT2D eigenvalue weighted by Gasteiger charge is -2.00. The first-order chi connectivity index (χ1) is 9.58. The summed E-state index contributed by atoms with van der Waals surface area (Å²) >= 11 is 0. The predicted octanol–water partition coefficient (Wildman–Crippen LogP) is 2.59. The van der Waals surface area contributed by atoms with Gasteiger partial charge in [-0.1, -0.05) is 6.07 Å². The molecule has 0 unspecified atom stereocenters. The average molecular weight is 270 g/mol. The Labute approximate surface area is 114 Å². The minimum Gasteiger partial charge on any atom is -0.507 e. The van der Waals surface area contributed by atoms with Crippen molar-refractivity contribution in [2.24, 2.45) is 0 Å². The first-order valence-corrected chi connectivity index (χ1v) is 5.68. The summed E-state index contributed by atoms with van der Waals surface area (Å²) in [5.74, 6) is -0.813. The number of nitro benzene ring substituents is 1. The van der Waals surface area contributed by atoms with E-state index in [1.165, 1.54) is 12.2 Å². The molecule has 1 aromatic carbocycles. The van der Waals surface area contributed by atoms with Gasteiger partial charge in [0.05, 0.1) is 10.5 Å². The van der Waals surface area contributed by atoms with Crippen LogP contribution in [0.3, 0.4) is 0 Å². The summed E-state index contributed by atoms with van der Waals surface area (Å²) in [7, 11) is 0. The van der Waals surface area contributed by atoms with Crippen molar-refractivity contribution in [3.05, 3.63) is 70.0 Å². The first-order valence-electron chi connectivity index (χ1n) is 5.68. The van der Waals surface area contributed by atoms with Crippen LogP contribution < -0.4 is 0 Å². The molecule has 6 nitrogen and oxygen atoms in total. The van der Waals surface area contributed by atoms with Crippen molar-refractivity contribution in [1.82, 2.24) is 4.98 Å². The number of carbonyl (C=O) groups is 1. The predicted molar refractivity (Wildman–Crippen MR) is 72.4 cm³/mol. The van der Waals surface area contributed by atoms with Crippen LogP contribution in [0.15, 0.2) is 48.8 Å². The molecule has 2 rings (SSSR count). The largest absolute Gasteiger partial charge is 0.507 e. The number of pyridine rings is 1. The highest BCUT2D eigenvalue weighted by Crippen LogP contribution is 2.23. The number of phenolic OH excluding ortho intramolecular Hbond substituents is 1. The maximum atomic E-state index is 11.9. The van der Waals surface area contributed by atoms with Crippen LogP contribution in [0.1, 0.15) is 15.9 Å². The zero-order valence-electron chi connectivity index (χ0n) is 10.3. The van der Waals surface area contributed by atoms with Gasteiger partial charge in [-0.2, -0.15) is 0 Å². The van der Waals surface area contributed by atoms with E-state index in [1.54, 1.807) is 24.5 Å². The number of nitro groups is 1. The zero-order chi connectivity index (χ0) is 14.5. The molecule has 0 aliphatic rings. The van der Waals surface area contributed by atoms with Gasteiger partial charge in [0.2, 0.25) is 0 Å². The normalized spacial score (nSPS) is 10.6. The van der Waals surface area contributed by atoms with Crippen molar-refractivity contribution in [3.63, 3.8) is 0 Å². The second-order valence-corrected chi connectivity index (χ2v) is 3.94. The summed E-state index contributed by atoms with van der Waals surface area (Å²) in [6.45, 7) is 0. The Morgan fingerprint density at radius 3 is 2.80 bits per heavy atom. The molecule has 0 saturated heterocycles. The van der Waals surface area contributed by atoms with E-state index in [2.05, 4.69) is 4.98 Å². The molecular weight excluding hydrogens is 260 g/mol. The lowest BCUT2D eigenvalue weighted by atomic mass is 10.1. The third kappa shape index (κ3) is 3.05. The number of aromatic hydroxyl groups is 1. The number of benzene rings is 1. The van der Waals surface area contributed by atoms with E-state index >= 15 is 0 Å². The van der Waals surface area contributed by atoms with Crippen LogP contribution in [0.4, 0.5) is 5.69 Å². The summed E-state index contributed by atoms with van der Waals surface area (Å²) < 4.78 is 0. The summed E-state index contributed by atoms with van der Waals surface area (Å²) in [5.41, 5.74) is 0.353. The molecule has 0 fully saturated rings. The Bertz CT molecular complexity index is 681. The lowest BCUT2D eigenvalue weighted by Crippen LogP contribution is -1.97. The fourth-order valence-corrected chi connectivity index (χ4v) is 1.57. The van der Waals surface area contributed by atoms with Crippen LogP contribution in [0.25, 0.3) is 6.08 Å². The van der Waals surface area contributed by atoms with Gasteiger partial charge in [0, 0.05) is 24.5 Å². The van der Waals surface area contributed by atoms with Crippen molar-refractivity contribution in [2.75, 3.05) is 0 Å². The van der Waals surface area contributed by atoms with E-state index in [1.807, 2.05) is 0 Å². The standard InChI is InChI=1S/C14H10N2O4/c17-13(5-3-10-2-1-7-15-9-10)12-8-11(16(19)20)4-6-14(12)18/h1-9,18H/b5-3+. The van der Waals surface area contributed by atoms with Crippen LogP contribution in [-0.2, 0) is 0 Å². The number of hydrogen-bond donors (Lipinski definition) is 1. The van der Waals surface area contributed by atoms with Crippen LogP contribution in [0.2, 0.25) is 0 Å². The Morgan fingerprint density at radius 2 is 2.15 bits per heavy atom. The molecule has 0 spiro atoms. The van der Waals surface area contributed by atoms with E-state index in [4.69, 9.17) is 0 Å². The quantitative estimate of drug-likeness (QED) is 0.399. The van der Waals surface area contributed by atoms with Crippen molar-refractivity contribution >= 4 is 17.5 Å². The highest BCUT2D eigenvalue weighted by Gasteiger charge is 2.14. The first kappa shape index (κ1) is 13.4. The molecule has 0 amide bonds. The topological polar surface area (TPSA) is 93.3 Å². The Kier molecular flexibility index (Phi) is 3.85. The number of rotatable bonds is 4. The molecule has 0 aliphatic heterocycles. The van der Waals surface area contributed by atoms with E-state index < -0.39 is 10.7 Å². The molecule has 0 aliphatic carbocycles. The molecule has 0 radical (unpaired) electrons. The third-order valence-electron chi connectivity index (χ3n) is 2.57. The molecule has 0 saturated carbocycles. The summed E-state index contributed by atoms with van der Waals surface area (Å²) in [5, 5.41) is 20.2. The van der Waals surface area contributed by atoms with E-state index in [0.717, 1.165) is 18.2 Å². The maximum Gasteiger partial charge on any atom is 0.270 e. The van der Waals surface area contributed by atoms with Crippen molar-refractivity contribution in [2.45, 2.75) is 0 Å². The number of ketones is 1. The van der Waals surface area contributed by atoms with Crippen LogP contribution >= 0.6 is 0 Å². The highest BCUT2D eigenvalue weighted by molar-refractivity contribution is 6.08. The Morgan fingerprint density at radius 1 is 1.35 bits per heavy atom. The number of non-ortho nitro benzene ring substituents is 1. The molecule has 1 aromatic heterocycles. The molecule has 100 valence electrons. The molecule has 0 atom stereocenters. The third-order valence-corrected chi connectivity index (χ3v) is 2.57. The minimum absolute atomic E-state index is 0.112. The highest BCUT2D eigenvalue weighted by atomic mass is 16.6. The van der Waals surface area contributed by atoms with E-state index in [-0.39, 0.29) is 17.0 Å². The second-order valence-electron chi connectivity index (χ2n) is 3.94. The SMILES string of the molecule is O=C(/C=C/c1cccnc1)c1cc([N+](=O)[O-])ccc1O. The number of aromatic nitrogens is 1. The van der Waals surface area contributed by atoms with Gasteiger partial charge >= 0.3 is 0 Å². The number of carbonyl (C=O) groups excluding carboxylic acids is 1. The Hall–Kier alpha value is -3.02. The van der Waals surface area contributed by atoms with Crippen molar-refractivity contribution < 1.29 is 14.8 Å². The summed E-state index contributed by atoms with van der Waals surface area (Å²) in [6.07, 6.45) is 5.92. The number of allylic oxidation sites excluding steroid dienone is 1. The van der Waals surface area contributed by atoms with Gasteiger partial charge in [0.15, 0.2) is 5.78 Å². The minimum atomic E-state index is -0.624. The van der Waals surface area contributed by atoms with Gasteiger partial charge < -0.3 is 5.11 Å². The molecule has 1 N–H and O–H groups in total. The monoisotopic (exact) mass is 270 g/mol. The molecule has 2 aromatic rings. The average Bonchev–Trinajstić information content (AvgIpc) is 2.46. The van der Waals surface area contributed by atoms with Gasteiger partial charge in [-0.15, -0.1) is 0 Å². The van der Waals surface area contributed by atoms with Crippen LogP contribution in [0, 0.1) is 10.1 Å². The maximum absolute atomic E-state index is 11.9. The van der Waals surface area contributed by atoms with Crippen LogP contribution in [0.5, 0.6) is 5.75 Å². The number of hydrogen-bond acceptors (Lipinski definition) is 5. The number of phenols is 1. The fourth-order valence-electron chi connectivity index (χ4n) is 1.57. The molecule has 0 bridgehead atoms. The molecule has 20 heavy (non-hydrogen) atoms. The summed E-state index contributed by atoms with van der Waals surface area (Å²) in [4.78, 5) is 25.8. The van der Waals surface area contributed by atoms with Crippen molar-refractivity contribution in [1.29, 1.82) is 0 Å². The van der Waals surface area contributed by atoms with Crippen molar-refractivity contribution in [3.8, 4) is 5.75 Å². The number of nitrogens with zero attached hydrogens (tertiary/aromatic N) is 2. The fraction of sp³-hybridized carbons (Fsp3) is 0. The van der Waals surface area contributed by atoms with Gasteiger partial charge in [-0.3, -0.25) is 19.9 Å². The lowest BCUT2D eigenvalue weighted by molar-refractivity contribution is -0.384. The van der Waals surface area contributed by atoms with Gasteiger partial charge in [-0.25, -0.2) is 0 Å². The van der Waals surface area contributed by atoms with Crippen LogP contribution in [-0.4, -0.2) is 20.8 Å².